The normalized spacial score (nSPS) is 23.0. The first kappa shape index (κ1) is 33.8. The molecule has 3 heterocycles. The summed E-state index contributed by atoms with van der Waals surface area (Å²) in [4.78, 5) is 20.5. The third-order valence-corrected chi connectivity index (χ3v) is 10.3. The van der Waals surface area contributed by atoms with E-state index in [1.165, 1.54) is 37.9 Å². The molecule has 0 unspecified atom stereocenters. The van der Waals surface area contributed by atoms with Crippen LogP contribution in [0.5, 0.6) is 0 Å². The van der Waals surface area contributed by atoms with Gasteiger partial charge in [-0.2, -0.15) is 26.3 Å². The molecule has 0 radical (unpaired) electrons. The molecule has 0 N–H and O–H groups in total. The lowest BCUT2D eigenvalue weighted by molar-refractivity contribution is -0.143. The Morgan fingerprint density at radius 1 is 0.822 bits per heavy atom. The molecule has 0 spiro atoms. The Morgan fingerprint density at radius 2 is 1.47 bits per heavy atom. The number of likely N-dealkylation sites (tertiary alicyclic amines) is 3. The van der Waals surface area contributed by atoms with E-state index in [1.807, 2.05) is 6.92 Å². The van der Waals surface area contributed by atoms with Crippen molar-refractivity contribution in [2.24, 2.45) is 0 Å². The van der Waals surface area contributed by atoms with Crippen LogP contribution in [0.4, 0.5) is 26.3 Å². The maximum absolute atomic E-state index is 13.6. The van der Waals surface area contributed by atoms with Crippen LogP contribution < -0.4 is 0 Å². The predicted octanol–water partition coefficient (Wildman–Crippen LogP) is 7.78. The van der Waals surface area contributed by atoms with E-state index in [2.05, 4.69) is 34.9 Å². The molecule has 3 aliphatic heterocycles. The molecule has 0 aliphatic carbocycles. The molecule has 1 atom stereocenters. The van der Waals surface area contributed by atoms with Gasteiger partial charge < -0.3 is 14.7 Å². The Bertz CT molecular complexity index is 1300. The fourth-order valence-electron chi connectivity index (χ4n) is 7.78. The lowest BCUT2D eigenvalue weighted by Crippen LogP contribution is -2.51. The molecule has 1 amide bonds. The van der Waals surface area contributed by atoms with E-state index in [4.69, 9.17) is 0 Å². The van der Waals surface area contributed by atoms with Gasteiger partial charge in [-0.3, -0.25) is 4.79 Å². The van der Waals surface area contributed by atoms with Gasteiger partial charge in [0, 0.05) is 24.5 Å². The fourth-order valence-corrected chi connectivity index (χ4v) is 7.78. The van der Waals surface area contributed by atoms with Crippen molar-refractivity contribution < 1.29 is 31.1 Å². The number of halogens is 6. The van der Waals surface area contributed by atoms with Crippen molar-refractivity contribution >= 4 is 5.91 Å². The van der Waals surface area contributed by atoms with Crippen molar-refractivity contribution in [3.05, 3.63) is 69.8 Å². The molecule has 45 heavy (non-hydrogen) atoms. The number of amides is 1. The number of carbonyl (C=O) groups excluding carboxylic acids is 1. The van der Waals surface area contributed by atoms with Crippen molar-refractivity contribution in [2.45, 2.75) is 95.4 Å². The minimum Gasteiger partial charge on any atom is -0.342 e. The summed E-state index contributed by atoms with van der Waals surface area (Å²) >= 11 is 0. The third-order valence-electron chi connectivity index (χ3n) is 10.3. The quantitative estimate of drug-likeness (QED) is 0.290. The lowest BCUT2D eigenvalue weighted by Gasteiger charge is -2.46. The smallest absolute Gasteiger partial charge is 0.342 e. The summed E-state index contributed by atoms with van der Waals surface area (Å²) in [6.07, 6.45) is -1.82. The second-order valence-corrected chi connectivity index (χ2v) is 13.5. The molecular formula is C35H45F6N3O. The van der Waals surface area contributed by atoms with Crippen LogP contribution in [0.2, 0.25) is 0 Å². The molecule has 2 aromatic carbocycles. The van der Waals surface area contributed by atoms with Crippen molar-refractivity contribution in [3.63, 3.8) is 0 Å². The van der Waals surface area contributed by atoms with Crippen LogP contribution in [0, 0.1) is 13.8 Å². The van der Waals surface area contributed by atoms with Crippen molar-refractivity contribution in [3.8, 4) is 0 Å². The number of carbonyl (C=O) groups is 1. The summed E-state index contributed by atoms with van der Waals surface area (Å²) in [6, 6.07) is 8.44. The van der Waals surface area contributed by atoms with Gasteiger partial charge in [0.25, 0.3) is 0 Å². The second kappa shape index (κ2) is 13.6. The standard InChI is InChI=1S/C35H45F6N3O/c1-25-7-8-26(2)31(19-25)33(12-18-42-16-9-30(10-17-42)43-13-4-3-5-14-43)11-6-15-44(24-33)32(45)22-27-20-28(34(36,37)38)23-29(21-27)35(39,40)41/h7-8,19-21,23,30H,3-6,9-18,22,24H2,1-2H3/t33-/m1/s1. The highest BCUT2D eigenvalue weighted by molar-refractivity contribution is 5.79. The number of aryl methyl sites for hydroxylation is 2. The van der Waals surface area contributed by atoms with Gasteiger partial charge in [-0.1, -0.05) is 30.2 Å². The van der Waals surface area contributed by atoms with Crippen molar-refractivity contribution in [1.82, 2.24) is 14.7 Å². The Kier molecular flexibility index (Phi) is 10.2. The van der Waals surface area contributed by atoms with E-state index in [0.717, 1.165) is 56.4 Å². The van der Waals surface area contributed by atoms with Crippen LogP contribution in [-0.2, 0) is 29.0 Å². The third kappa shape index (κ3) is 8.23. The van der Waals surface area contributed by atoms with E-state index >= 15 is 0 Å². The summed E-state index contributed by atoms with van der Waals surface area (Å²) in [5, 5.41) is 0. The van der Waals surface area contributed by atoms with Gasteiger partial charge in [-0.05, 0) is 126 Å². The molecule has 3 fully saturated rings. The highest BCUT2D eigenvalue weighted by Crippen LogP contribution is 2.41. The summed E-state index contributed by atoms with van der Waals surface area (Å²) < 4.78 is 80.8. The molecule has 0 saturated carbocycles. The van der Waals surface area contributed by atoms with Gasteiger partial charge in [0.15, 0.2) is 0 Å². The van der Waals surface area contributed by atoms with E-state index in [-0.39, 0.29) is 17.0 Å². The topological polar surface area (TPSA) is 26.8 Å². The first-order chi connectivity index (χ1) is 21.2. The van der Waals surface area contributed by atoms with E-state index in [0.29, 0.717) is 37.7 Å². The maximum atomic E-state index is 13.6. The molecule has 248 valence electrons. The minimum absolute atomic E-state index is 0.107. The molecule has 3 aliphatic rings. The largest absolute Gasteiger partial charge is 0.416 e. The maximum Gasteiger partial charge on any atom is 0.416 e. The first-order valence-corrected chi connectivity index (χ1v) is 16.3. The number of piperidine rings is 3. The monoisotopic (exact) mass is 637 g/mol. The number of nitrogens with zero attached hydrogens (tertiary/aromatic N) is 3. The summed E-state index contributed by atoms with van der Waals surface area (Å²) in [7, 11) is 0. The van der Waals surface area contributed by atoms with Crippen molar-refractivity contribution in [1.29, 1.82) is 0 Å². The second-order valence-electron chi connectivity index (χ2n) is 13.5. The molecular weight excluding hydrogens is 592 g/mol. The highest BCUT2D eigenvalue weighted by atomic mass is 19.4. The van der Waals surface area contributed by atoms with Crippen LogP contribution in [0.15, 0.2) is 36.4 Å². The average Bonchev–Trinajstić information content (AvgIpc) is 3.01. The summed E-state index contributed by atoms with van der Waals surface area (Å²) in [5.41, 5.74) is 0.0118. The number of rotatable bonds is 7. The Morgan fingerprint density at radius 3 is 2.09 bits per heavy atom. The summed E-state index contributed by atoms with van der Waals surface area (Å²) in [5.74, 6) is -0.445. The molecule has 3 saturated heterocycles. The van der Waals surface area contributed by atoms with Crippen LogP contribution in [0.25, 0.3) is 0 Å². The van der Waals surface area contributed by atoms with Crippen molar-refractivity contribution in [2.75, 3.05) is 45.8 Å². The van der Waals surface area contributed by atoms with Crippen LogP contribution in [0.3, 0.4) is 0 Å². The van der Waals surface area contributed by atoms with Gasteiger partial charge in [0.05, 0.1) is 17.5 Å². The zero-order valence-electron chi connectivity index (χ0n) is 26.4. The summed E-state index contributed by atoms with van der Waals surface area (Å²) in [6.45, 7) is 10.3. The van der Waals surface area contributed by atoms with Crippen LogP contribution in [0.1, 0.15) is 84.7 Å². The zero-order valence-corrected chi connectivity index (χ0v) is 26.4. The van der Waals surface area contributed by atoms with E-state index < -0.39 is 35.8 Å². The average molecular weight is 638 g/mol. The Balaban J connectivity index is 1.33. The number of benzene rings is 2. The Labute approximate surface area is 262 Å². The van der Waals surface area contributed by atoms with Gasteiger partial charge in [-0.15, -0.1) is 0 Å². The molecule has 0 bridgehead atoms. The Hall–Kier alpha value is -2.59. The highest BCUT2D eigenvalue weighted by Gasteiger charge is 2.41. The van der Waals surface area contributed by atoms with Gasteiger partial charge in [0.2, 0.25) is 5.91 Å². The number of hydrogen-bond acceptors (Lipinski definition) is 3. The van der Waals surface area contributed by atoms with Gasteiger partial charge in [-0.25, -0.2) is 0 Å². The fraction of sp³-hybridized carbons (Fsp3) is 0.629. The molecule has 4 nitrogen and oxygen atoms in total. The first-order valence-electron chi connectivity index (χ1n) is 16.3. The minimum atomic E-state index is -4.95. The van der Waals surface area contributed by atoms with E-state index in [1.54, 1.807) is 4.90 Å². The van der Waals surface area contributed by atoms with Crippen LogP contribution >= 0.6 is 0 Å². The lowest BCUT2D eigenvalue weighted by atomic mass is 9.69. The molecule has 2 aromatic rings. The van der Waals surface area contributed by atoms with Gasteiger partial charge in [0.1, 0.15) is 0 Å². The van der Waals surface area contributed by atoms with E-state index in [9.17, 15) is 31.1 Å². The molecule has 5 rings (SSSR count). The molecule has 10 heteroatoms. The molecule has 0 aromatic heterocycles. The zero-order chi connectivity index (χ0) is 32.4. The number of hydrogen-bond donors (Lipinski definition) is 0. The van der Waals surface area contributed by atoms with Crippen LogP contribution in [-0.4, -0.2) is 72.5 Å². The predicted molar refractivity (Wildman–Crippen MR) is 163 cm³/mol. The SMILES string of the molecule is Cc1ccc(C)c([C@@]2(CCN3CCC(N4CCCCC4)CC3)CCCN(C(=O)Cc3cc(C(F)(F)F)cc(C(F)(F)F)c3)C2)c1. The number of alkyl halides is 6. The van der Waals surface area contributed by atoms with Gasteiger partial charge >= 0.3 is 12.4 Å².